The van der Waals surface area contributed by atoms with E-state index in [1.54, 1.807) is 0 Å². The molecular formula is C8H14N2O. The lowest BCUT2D eigenvalue weighted by atomic mass is 10.2. The van der Waals surface area contributed by atoms with Gasteiger partial charge in [-0.3, -0.25) is 0 Å². The third-order valence-electron chi connectivity index (χ3n) is 1.28. The summed E-state index contributed by atoms with van der Waals surface area (Å²) in [6.07, 6.45) is 0. The molecule has 0 aliphatic carbocycles. The van der Waals surface area contributed by atoms with Gasteiger partial charge in [0.25, 0.3) is 0 Å². The Morgan fingerprint density at radius 2 is 1.82 bits per heavy atom. The van der Waals surface area contributed by atoms with Gasteiger partial charge in [0.2, 0.25) is 0 Å². The van der Waals surface area contributed by atoms with E-state index >= 15 is 0 Å². The maximum absolute atomic E-state index is 7.00. The largest absolute Gasteiger partial charge is 0.400 e. The van der Waals surface area contributed by atoms with Gasteiger partial charge in [0.1, 0.15) is 0 Å². The van der Waals surface area contributed by atoms with Crippen LogP contribution < -0.4 is 11.5 Å². The summed E-state index contributed by atoms with van der Waals surface area (Å²) in [6.45, 7) is 0.521. The van der Waals surface area contributed by atoms with Gasteiger partial charge in [0, 0.05) is 19.3 Å². The minimum atomic E-state index is 0.521. The molecule has 0 aromatic heterocycles. The van der Waals surface area contributed by atoms with Crippen LogP contribution in [0.2, 0.25) is 0 Å². The van der Waals surface area contributed by atoms with Crippen molar-refractivity contribution in [3.63, 3.8) is 0 Å². The minimum absolute atomic E-state index is 0.521. The molecule has 0 atom stereocenters. The van der Waals surface area contributed by atoms with Crippen molar-refractivity contribution in [1.29, 1.82) is 0 Å². The van der Waals surface area contributed by atoms with Crippen LogP contribution in [0.25, 0.3) is 0 Å². The van der Waals surface area contributed by atoms with Gasteiger partial charge < -0.3 is 16.6 Å². The van der Waals surface area contributed by atoms with E-state index < -0.39 is 0 Å². The van der Waals surface area contributed by atoms with Gasteiger partial charge in [0.05, 0.1) is 0 Å². The molecule has 0 saturated heterocycles. The highest BCUT2D eigenvalue weighted by atomic mass is 16.2. The standard InChI is InChI=1S/C7H10N2.CH4O/c8-5-6-3-1-2-4-7(6)9;1-2/h1-4H,5,8-9H2;2H,1H3. The lowest BCUT2D eigenvalue weighted by Crippen LogP contribution is -2.00. The molecule has 3 nitrogen and oxygen atoms in total. The maximum atomic E-state index is 7.00. The Kier molecular flexibility index (Phi) is 5.15. The van der Waals surface area contributed by atoms with Crippen LogP contribution in [0.3, 0.4) is 0 Å². The topological polar surface area (TPSA) is 72.3 Å². The van der Waals surface area contributed by atoms with Crippen LogP contribution in [0.1, 0.15) is 5.56 Å². The fraction of sp³-hybridized carbons (Fsp3) is 0.250. The van der Waals surface area contributed by atoms with Gasteiger partial charge in [-0.05, 0) is 11.6 Å². The maximum Gasteiger partial charge on any atom is 0.0359 e. The molecule has 0 aliphatic heterocycles. The van der Waals surface area contributed by atoms with Crippen LogP contribution in [0, 0.1) is 0 Å². The molecular weight excluding hydrogens is 140 g/mol. The second-order valence-electron chi connectivity index (χ2n) is 1.90. The summed E-state index contributed by atoms with van der Waals surface area (Å²) < 4.78 is 0. The third-order valence-corrected chi connectivity index (χ3v) is 1.28. The van der Waals surface area contributed by atoms with Gasteiger partial charge in [-0.25, -0.2) is 0 Å². The molecule has 11 heavy (non-hydrogen) atoms. The van der Waals surface area contributed by atoms with E-state index in [4.69, 9.17) is 16.6 Å². The van der Waals surface area contributed by atoms with Crippen LogP contribution in [-0.4, -0.2) is 12.2 Å². The third kappa shape index (κ3) is 3.02. The quantitative estimate of drug-likeness (QED) is 0.510. The molecule has 62 valence electrons. The van der Waals surface area contributed by atoms with Crippen LogP contribution in [0.15, 0.2) is 24.3 Å². The van der Waals surface area contributed by atoms with E-state index in [0.717, 1.165) is 18.4 Å². The molecule has 1 aromatic carbocycles. The van der Waals surface area contributed by atoms with E-state index in [0.29, 0.717) is 6.54 Å². The summed E-state index contributed by atoms with van der Waals surface area (Å²) in [6, 6.07) is 7.60. The zero-order chi connectivity index (χ0) is 8.69. The second kappa shape index (κ2) is 5.70. The van der Waals surface area contributed by atoms with Crippen molar-refractivity contribution in [2.45, 2.75) is 6.54 Å². The zero-order valence-electron chi connectivity index (χ0n) is 6.62. The molecule has 0 spiro atoms. The molecule has 3 heteroatoms. The number of hydrogen-bond donors (Lipinski definition) is 3. The molecule has 0 unspecified atom stereocenters. The average molecular weight is 154 g/mol. The first-order valence-corrected chi connectivity index (χ1v) is 3.33. The fourth-order valence-corrected chi connectivity index (χ4v) is 0.720. The fourth-order valence-electron chi connectivity index (χ4n) is 0.720. The molecule has 0 bridgehead atoms. The monoisotopic (exact) mass is 154 g/mol. The number of hydrogen-bond acceptors (Lipinski definition) is 3. The van der Waals surface area contributed by atoms with Crippen molar-refractivity contribution in [3.8, 4) is 0 Å². The molecule has 0 radical (unpaired) electrons. The molecule has 5 N–H and O–H groups in total. The summed E-state index contributed by atoms with van der Waals surface area (Å²) in [5, 5.41) is 7.00. The van der Waals surface area contributed by atoms with Crippen molar-refractivity contribution in [2.75, 3.05) is 12.8 Å². The van der Waals surface area contributed by atoms with E-state index in [2.05, 4.69) is 0 Å². The predicted octanol–water partition coefficient (Wildman–Crippen LogP) is 0.336. The molecule has 0 saturated carbocycles. The first kappa shape index (κ1) is 9.94. The van der Waals surface area contributed by atoms with Gasteiger partial charge in [0.15, 0.2) is 0 Å². The second-order valence-corrected chi connectivity index (χ2v) is 1.90. The number of nitrogen functional groups attached to an aromatic ring is 1. The highest BCUT2D eigenvalue weighted by molar-refractivity contribution is 5.45. The molecule has 0 aliphatic rings. The average Bonchev–Trinajstić information content (AvgIpc) is 2.09. The summed E-state index contributed by atoms with van der Waals surface area (Å²) in [4.78, 5) is 0. The van der Waals surface area contributed by atoms with E-state index in [1.807, 2.05) is 24.3 Å². The van der Waals surface area contributed by atoms with Gasteiger partial charge in [-0.2, -0.15) is 0 Å². The summed E-state index contributed by atoms with van der Waals surface area (Å²) >= 11 is 0. The first-order chi connectivity index (χ1) is 5.34. The summed E-state index contributed by atoms with van der Waals surface area (Å²) in [7, 11) is 1.00. The smallest absolute Gasteiger partial charge is 0.0359 e. The van der Waals surface area contributed by atoms with E-state index in [1.165, 1.54) is 0 Å². The van der Waals surface area contributed by atoms with Crippen LogP contribution in [-0.2, 0) is 6.54 Å². The highest BCUT2D eigenvalue weighted by Crippen LogP contribution is 2.07. The Bertz CT molecular complexity index is 201. The number of rotatable bonds is 1. The first-order valence-electron chi connectivity index (χ1n) is 3.33. The Hall–Kier alpha value is -1.06. The molecule has 0 amide bonds. The number of aliphatic hydroxyl groups excluding tert-OH is 1. The van der Waals surface area contributed by atoms with Crippen LogP contribution in [0.5, 0.6) is 0 Å². The predicted molar refractivity (Wildman–Crippen MR) is 46.9 cm³/mol. The SMILES string of the molecule is CO.NCc1ccccc1N. The van der Waals surface area contributed by atoms with E-state index in [9.17, 15) is 0 Å². The summed E-state index contributed by atoms with van der Waals surface area (Å²) in [5.74, 6) is 0. The molecule has 0 heterocycles. The zero-order valence-corrected chi connectivity index (χ0v) is 6.62. The Morgan fingerprint density at radius 3 is 2.18 bits per heavy atom. The Balaban J connectivity index is 0.000000461. The van der Waals surface area contributed by atoms with Gasteiger partial charge in [-0.15, -0.1) is 0 Å². The van der Waals surface area contributed by atoms with Crippen molar-refractivity contribution >= 4 is 5.69 Å². The van der Waals surface area contributed by atoms with Crippen molar-refractivity contribution in [2.24, 2.45) is 5.73 Å². The highest BCUT2D eigenvalue weighted by Gasteiger charge is 1.90. The van der Waals surface area contributed by atoms with Crippen molar-refractivity contribution in [3.05, 3.63) is 29.8 Å². The number of nitrogens with two attached hydrogens (primary N) is 2. The minimum Gasteiger partial charge on any atom is -0.400 e. The van der Waals surface area contributed by atoms with Crippen LogP contribution >= 0.6 is 0 Å². The molecule has 0 fully saturated rings. The number of benzene rings is 1. The van der Waals surface area contributed by atoms with Crippen LogP contribution in [0.4, 0.5) is 5.69 Å². The van der Waals surface area contributed by atoms with Gasteiger partial charge in [-0.1, -0.05) is 18.2 Å². The Labute approximate surface area is 66.6 Å². The molecule has 1 rings (SSSR count). The normalized spacial score (nSPS) is 8.27. The van der Waals surface area contributed by atoms with E-state index in [-0.39, 0.29) is 0 Å². The lowest BCUT2D eigenvalue weighted by Gasteiger charge is -1.98. The van der Waals surface area contributed by atoms with Crippen molar-refractivity contribution in [1.82, 2.24) is 0 Å². The van der Waals surface area contributed by atoms with Gasteiger partial charge >= 0.3 is 0 Å². The number of para-hydroxylation sites is 1. The lowest BCUT2D eigenvalue weighted by molar-refractivity contribution is 0.399. The number of anilines is 1. The number of aliphatic hydroxyl groups is 1. The van der Waals surface area contributed by atoms with Crippen molar-refractivity contribution < 1.29 is 5.11 Å². The Morgan fingerprint density at radius 1 is 1.27 bits per heavy atom. The molecule has 1 aromatic rings. The summed E-state index contributed by atoms with van der Waals surface area (Å²) in [5.41, 5.74) is 12.7.